The van der Waals surface area contributed by atoms with Gasteiger partial charge in [0, 0.05) is 11.8 Å². The summed E-state index contributed by atoms with van der Waals surface area (Å²) in [5.74, 6) is 0. The molecule has 4 heteroatoms. The van der Waals surface area contributed by atoms with Crippen molar-refractivity contribution >= 4 is 5.70 Å². The van der Waals surface area contributed by atoms with Gasteiger partial charge in [-0.25, -0.2) is 0 Å². The van der Waals surface area contributed by atoms with Crippen LogP contribution in [0.15, 0.2) is 30.5 Å². The molecule has 1 aliphatic heterocycles. The lowest BCUT2D eigenvalue weighted by Crippen LogP contribution is -2.04. The van der Waals surface area contributed by atoms with Crippen LogP contribution in [0.1, 0.15) is 11.1 Å². The van der Waals surface area contributed by atoms with Crippen LogP contribution in [0.3, 0.4) is 0 Å². The summed E-state index contributed by atoms with van der Waals surface area (Å²) in [7, 11) is 0. The Morgan fingerprint density at radius 1 is 1.15 bits per heavy atom. The Morgan fingerprint density at radius 2 is 1.85 bits per heavy atom. The number of benzene rings is 1. The molecule has 13 heavy (non-hydrogen) atoms. The molecule has 1 aromatic rings. The molecule has 0 saturated carbocycles. The highest BCUT2D eigenvalue weighted by Crippen LogP contribution is 2.31. The van der Waals surface area contributed by atoms with Crippen LogP contribution in [0.2, 0.25) is 0 Å². The molecule has 1 aromatic carbocycles. The Hall–Kier alpha value is -1.45. The van der Waals surface area contributed by atoms with Crippen LogP contribution in [-0.2, 0) is 6.18 Å². The molecule has 0 spiro atoms. The molecule has 0 unspecified atom stereocenters. The molecule has 0 fully saturated rings. The van der Waals surface area contributed by atoms with E-state index >= 15 is 0 Å². The summed E-state index contributed by atoms with van der Waals surface area (Å²) in [4.78, 5) is 0. The largest absolute Gasteiger partial charge is 0.416 e. The summed E-state index contributed by atoms with van der Waals surface area (Å²) >= 11 is 0. The van der Waals surface area contributed by atoms with Gasteiger partial charge in [-0.1, -0.05) is 12.1 Å². The van der Waals surface area contributed by atoms with Gasteiger partial charge in [-0.05, 0) is 12.1 Å². The summed E-state index contributed by atoms with van der Waals surface area (Å²) < 4.78 is 36.6. The molecule has 0 saturated heterocycles. The Bertz CT molecular complexity index is 365. The van der Waals surface area contributed by atoms with Gasteiger partial charge < -0.3 is 5.32 Å². The van der Waals surface area contributed by atoms with Gasteiger partial charge in [0.2, 0.25) is 0 Å². The molecule has 0 bridgehead atoms. The normalized spacial score (nSPS) is 14.8. The molecular formula is C9H6F3N. The van der Waals surface area contributed by atoms with Gasteiger partial charge in [0.1, 0.15) is 0 Å². The van der Waals surface area contributed by atoms with E-state index in [2.05, 4.69) is 5.32 Å². The minimum Gasteiger partial charge on any atom is -0.358 e. The van der Waals surface area contributed by atoms with E-state index in [4.69, 9.17) is 0 Å². The van der Waals surface area contributed by atoms with E-state index < -0.39 is 11.7 Å². The second-order valence-electron chi connectivity index (χ2n) is 2.78. The van der Waals surface area contributed by atoms with Crippen molar-refractivity contribution in [3.8, 4) is 0 Å². The third-order valence-corrected chi connectivity index (χ3v) is 1.79. The van der Waals surface area contributed by atoms with Crippen molar-refractivity contribution in [2.75, 3.05) is 0 Å². The Balaban J connectivity index is 2.37. The number of nitrogens with one attached hydrogen (secondary N) is 1. The lowest BCUT2D eigenvalue weighted by atomic mass is 10.1. The predicted octanol–water partition coefficient (Wildman–Crippen LogP) is 2.61. The first-order chi connectivity index (χ1) is 6.07. The van der Waals surface area contributed by atoms with Gasteiger partial charge in [0.25, 0.3) is 0 Å². The summed E-state index contributed by atoms with van der Waals surface area (Å²) in [6.45, 7) is 0. The van der Waals surface area contributed by atoms with Gasteiger partial charge in [-0.15, -0.1) is 0 Å². The Kier molecular flexibility index (Phi) is 1.58. The third-order valence-electron chi connectivity index (χ3n) is 1.79. The van der Waals surface area contributed by atoms with E-state index in [-0.39, 0.29) is 0 Å². The molecule has 1 heterocycles. The van der Waals surface area contributed by atoms with Crippen LogP contribution in [0.25, 0.3) is 5.70 Å². The fraction of sp³-hybridized carbons (Fsp3) is 0.111. The maximum absolute atomic E-state index is 12.2. The van der Waals surface area contributed by atoms with Gasteiger partial charge in [-0.2, -0.15) is 13.2 Å². The van der Waals surface area contributed by atoms with Crippen LogP contribution in [0, 0.1) is 0 Å². The van der Waals surface area contributed by atoms with Crippen LogP contribution in [0.4, 0.5) is 13.2 Å². The summed E-state index contributed by atoms with van der Waals surface area (Å²) in [5.41, 5.74) is 0.723. The zero-order valence-corrected chi connectivity index (χ0v) is 6.52. The minimum atomic E-state index is -4.26. The van der Waals surface area contributed by atoms with Crippen molar-refractivity contribution in [3.05, 3.63) is 41.6 Å². The predicted molar refractivity (Wildman–Crippen MR) is 42.6 cm³/mol. The topological polar surface area (TPSA) is 21.9 Å². The third kappa shape index (κ3) is 1.66. The summed E-state index contributed by atoms with van der Waals surface area (Å²) in [6.07, 6.45) is -2.60. The van der Waals surface area contributed by atoms with Crippen LogP contribution >= 0.6 is 0 Å². The number of rotatable bonds is 1. The highest BCUT2D eigenvalue weighted by molar-refractivity contribution is 5.74. The van der Waals surface area contributed by atoms with Crippen molar-refractivity contribution in [2.24, 2.45) is 0 Å². The van der Waals surface area contributed by atoms with E-state index in [1.165, 1.54) is 6.07 Å². The smallest absolute Gasteiger partial charge is 0.358 e. The number of hydrogen-bond donors (Lipinski definition) is 1. The van der Waals surface area contributed by atoms with Crippen molar-refractivity contribution < 1.29 is 13.2 Å². The van der Waals surface area contributed by atoms with Gasteiger partial charge in [0.05, 0.1) is 11.3 Å². The number of alkyl halides is 3. The molecule has 1 nitrogen and oxygen atoms in total. The van der Waals surface area contributed by atoms with E-state index in [1.54, 1.807) is 12.3 Å². The van der Waals surface area contributed by atoms with Crippen molar-refractivity contribution in [2.45, 2.75) is 6.18 Å². The molecule has 0 radical (unpaired) electrons. The van der Waals surface area contributed by atoms with E-state index in [0.717, 1.165) is 17.8 Å². The standard InChI is InChI=1S/C9H6F3N/c10-9(11,12)7-3-1-2-6(4-7)8-5-13-8/h1-5,13H. The van der Waals surface area contributed by atoms with Crippen LogP contribution in [-0.4, -0.2) is 0 Å². The highest BCUT2D eigenvalue weighted by atomic mass is 19.4. The molecule has 1 N–H and O–H groups in total. The van der Waals surface area contributed by atoms with Crippen molar-refractivity contribution in [1.29, 1.82) is 0 Å². The lowest BCUT2D eigenvalue weighted by molar-refractivity contribution is -0.137. The number of hydrogen-bond acceptors (Lipinski definition) is 1. The lowest BCUT2D eigenvalue weighted by Gasteiger charge is -2.06. The van der Waals surface area contributed by atoms with E-state index in [1.807, 2.05) is 0 Å². The highest BCUT2D eigenvalue weighted by Gasteiger charge is 2.30. The average molecular weight is 185 g/mol. The average Bonchev–Trinajstić information content (AvgIpc) is 2.85. The molecular weight excluding hydrogens is 179 g/mol. The molecule has 68 valence electrons. The quantitative estimate of drug-likeness (QED) is 0.713. The Morgan fingerprint density at radius 3 is 2.38 bits per heavy atom. The van der Waals surface area contributed by atoms with Crippen molar-refractivity contribution in [1.82, 2.24) is 5.32 Å². The molecule has 1 aliphatic rings. The monoisotopic (exact) mass is 185 g/mol. The Labute approximate surface area is 72.9 Å². The van der Waals surface area contributed by atoms with Crippen LogP contribution in [0.5, 0.6) is 0 Å². The first-order valence-corrected chi connectivity index (χ1v) is 3.72. The summed E-state index contributed by atoms with van der Waals surface area (Å²) in [6, 6.07) is 5.23. The molecule has 0 aromatic heterocycles. The zero-order valence-electron chi connectivity index (χ0n) is 6.52. The molecule has 0 atom stereocenters. The first-order valence-electron chi connectivity index (χ1n) is 3.72. The zero-order chi connectivity index (χ0) is 9.47. The fourth-order valence-corrected chi connectivity index (χ4v) is 1.07. The number of halogens is 3. The van der Waals surface area contributed by atoms with Gasteiger partial charge in [0.15, 0.2) is 0 Å². The van der Waals surface area contributed by atoms with Gasteiger partial charge >= 0.3 is 6.18 Å². The van der Waals surface area contributed by atoms with Crippen molar-refractivity contribution in [3.63, 3.8) is 0 Å². The molecule has 0 amide bonds. The molecule has 0 aliphatic carbocycles. The minimum absolute atomic E-state index is 0.579. The van der Waals surface area contributed by atoms with Crippen LogP contribution < -0.4 is 5.32 Å². The van der Waals surface area contributed by atoms with E-state index in [0.29, 0.717) is 5.56 Å². The maximum atomic E-state index is 12.2. The fourth-order valence-electron chi connectivity index (χ4n) is 1.07. The maximum Gasteiger partial charge on any atom is 0.416 e. The second kappa shape index (κ2) is 2.52. The summed E-state index contributed by atoms with van der Waals surface area (Å²) in [5, 5.41) is 2.75. The first kappa shape index (κ1) is 8.16. The van der Waals surface area contributed by atoms with E-state index in [9.17, 15) is 13.2 Å². The molecule has 2 rings (SSSR count). The second-order valence-corrected chi connectivity index (χ2v) is 2.78. The van der Waals surface area contributed by atoms with Gasteiger partial charge in [-0.3, -0.25) is 0 Å². The SMILES string of the molecule is FC(F)(F)c1cccc(C2=CN2)c1.